The first-order chi connectivity index (χ1) is 22.3. The van der Waals surface area contributed by atoms with E-state index in [1.807, 2.05) is 60.7 Å². The summed E-state index contributed by atoms with van der Waals surface area (Å²) in [4.78, 5) is 0. The molecule has 2 aliphatic rings. The summed E-state index contributed by atoms with van der Waals surface area (Å²) in [5.74, 6) is 0.721. The van der Waals surface area contributed by atoms with Crippen molar-refractivity contribution in [2.75, 3.05) is 0 Å². The van der Waals surface area contributed by atoms with Crippen molar-refractivity contribution >= 4 is 34.6 Å². The van der Waals surface area contributed by atoms with Crippen LogP contribution in [0.4, 0.5) is 0 Å². The minimum atomic E-state index is -3.38. The number of rotatable bonds is 14. The summed E-state index contributed by atoms with van der Waals surface area (Å²) in [6, 6.07) is 19.5. The van der Waals surface area contributed by atoms with Crippen LogP contribution in [-0.2, 0) is 17.9 Å². The van der Waals surface area contributed by atoms with Crippen molar-refractivity contribution in [2.24, 2.45) is 17.8 Å². The topological polar surface area (TPSA) is 44.8 Å². The van der Waals surface area contributed by atoms with E-state index in [2.05, 4.69) is 93.4 Å². The first-order valence-electron chi connectivity index (χ1n) is 18.4. The number of hydrogen-bond acceptors (Lipinski definition) is 4. The second kappa shape index (κ2) is 15.4. The largest absolute Gasteiger partial charge is 0.413 e. The molecule has 2 aromatic rings. The van der Waals surface area contributed by atoms with Crippen molar-refractivity contribution < 1.29 is 17.9 Å². The van der Waals surface area contributed by atoms with Crippen molar-refractivity contribution in [3.63, 3.8) is 0 Å². The molecule has 0 heterocycles. The fraction of sp³-hybridized carbons (Fsp3) is 0.610. The zero-order valence-electron chi connectivity index (χ0n) is 31.9. The van der Waals surface area contributed by atoms with Crippen LogP contribution in [-0.4, -0.2) is 34.9 Å². The molecule has 0 aromatic heterocycles. The molecule has 2 saturated carbocycles. The summed E-state index contributed by atoms with van der Waals surface area (Å²) in [5.41, 5.74) is 1.05. The Morgan fingerprint density at radius 3 is 1.90 bits per heavy atom. The van der Waals surface area contributed by atoms with Gasteiger partial charge in [0.05, 0.1) is 18.3 Å². The van der Waals surface area contributed by atoms with Crippen LogP contribution in [0, 0.1) is 17.8 Å². The summed E-state index contributed by atoms with van der Waals surface area (Å²) in [7, 11) is -7.42. The zero-order chi connectivity index (χ0) is 35.5. The molecular weight excluding hydrogens is 644 g/mol. The van der Waals surface area contributed by atoms with E-state index in [0.29, 0.717) is 5.92 Å². The molecule has 0 aliphatic heterocycles. The van der Waals surface area contributed by atoms with Gasteiger partial charge in [-0.05, 0) is 97.2 Å². The summed E-state index contributed by atoms with van der Waals surface area (Å²) in [6.07, 6.45) is 11.1. The fourth-order valence-electron chi connectivity index (χ4n) is 6.90. The van der Waals surface area contributed by atoms with Gasteiger partial charge in [-0.2, -0.15) is 0 Å². The Balaban J connectivity index is 1.70. The fourth-order valence-corrected chi connectivity index (χ4v) is 11.9. The van der Waals surface area contributed by atoms with Crippen molar-refractivity contribution in [1.82, 2.24) is 0 Å². The molecule has 0 amide bonds. The predicted molar refractivity (Wildman–Crippen MR) is 211 cm³/mol. The molecule has 0 saturated heterocycles. The Labute approximate surface area is 295 Å². The van der Waals surface area contributed by atoms with Crippen LogP contribution < -0.4 is 10.6 Å². The third-order valence-corrected chi connectivity index (χ3v) is 23.4. The Hall–Kier alpha value is -1.54. The van der Waals surface area contributed by atoms with Crippen LogP contribution in [0.15, 0.2) is 85.0 Å². The second-order valence-corrected chi connectivity index (χ2v) is 29.3. The first-order valence-corrected chi connectivity index (χ1v) is 25.9. The van der Waals surface area contributed by atoms with E-state index in [0.717, 1.165) is 35.4 Å². The summed E-state index contributed by atoms with van der Waals surface area (Å²) in [5, 5.41) is 1.71. The molecule has 4 rings (SSSR count). The summed E-state index contributed by atoms with van der Waals surface area (Å²) >= 11 is 0. The maximum Gasteiger partial charge on any atom is 0.261 e. The molecule has 2 aromatic carbocycles. The van der Waals surface area contributed by atoms with Crippen LogP contribution >= 0.6 is 7.37 Å². The van der Waals surface area contributed by atoms with E-state index in [1.54, 1.807) is 0 Å². The van der Waals surface area contributed by atoms with Gasteiger partial charge in [-0.15, -0.1) is 0 Å². The molecule has 2 aliphatic carbocycles. The van der Waals surface area contributed by atoms with Crippen molar-refractivity contribution in [3.8, 4) is 0 Å². The quantitative estimate of drug-likeness (QED) is 0.0848. The van der Waals surface area contributed by atoms with Crippen LogP contribution in [0.2, 0.25) is 36.3 Å². The van der Waals surface area contributed by atoms with Gasteiger partial charge >= 0.3 is 0 Å². The monoisotopic (exact) mass is 708 g/mol. The van der Waals surface area contributed by atoms with Crippen LogP contribution in [0.25, 0.3) is 0 Å². The lowest BCUT2D eigenvalue weighted by Crippen LogP contribution is -2.45. The molecule has 0 radical (unpaired) electrons. The SMILES string of the molecule is C=C1C[C@@H]2[C@H](C=C[C@H](CCCCC)O[Si](C)(C)C(C)(C)C)[C@H](O[Si](C)(C)C(C)(C)C)C[C@@H]2C1OP(=O)(c1ccccc1)c1ccccc1. The highest BCUT2D eigenvalue weighted by molar-refractivity contribution is 7.74. The van der Waals surface area contributed by atoms with Gasteiger partial charge < -0.3 is 13.4 Å². The lowest BCUT2D eigenvalue weighted by molar-refractivity contribution is 0.139. The second-order valence-electron chi connectivity index (χ2n) is 17.5. The van der Waals surface area contributed by atoms with Gasteiger partial charge in [0.2, 0.25) is 0 Å². The van der Waals surface area contributed by atoms with E-state index < -0.39 is 24.0 Å². The van der Waals surface area contributed by atoms with E-state index >= 15 is 4.57 Å². The molecule has 7 heteroatoms. The molecule has 266 valence electrons. The van der Waals surface area contributed by atoms with Crippen molar-refractivity contribution in [1.29, 1.82) is 0 Å². The van der Waals surface area contributed by atoms with E-state index in [9.17, 15) is 0 Å². The normalized spacial score (nSPS) is 24.7. The van der Waals surface area contributed by atoms with Crippen LogP contribution in [0.3, 0.4) is 0 Å². The van der Waals surface area contributed by atoms with E-state index in [4.69, 9.17) is 13.4 Å². The van der Waals surface area contributed by atoms with Gasteiger partial charge in [-0.1, -0.05) is 123 Å². The van der Waals surface area contributed by atoms with Gasteiger partial charge in [0.15, 0.2) is 16.6 Å². The molecule has 6 atom stereocenters. The average Bonchev–Trinajstić information content (AvgIpc) is 3.48. The van der Waals surface area contributed by atoms with Gasteiger partial charge in [0.1, 0.15) is 0 Å². The molecule has 1 unspecified atom stereocenters. The standard InChI is InChI=1S/C41H65O4PSi2/c1-13-14-17-22-32(44-47(9,10)40(3,4)5)27-28-35-36-29-31(2)39(37(36)30-38(35)45-48(11,12)41(6,7)8)43-46(42,33-23-18-15-19-24-33)34-25-20-16-21-26-34/h15-16,18-21,23-28,32,35-39H,2,13-14,17,22,29-30H2,1,3-12H3/t32-,35-,36+,37-,38+,39?/m0/s1. The molecular formula is C41H65O4PSi2. The maximum absolute atomic E-state index is 15.1. The molecule has 0 spiro atoms. The van der Waals surface area contributed by atoms with E-state index in [-0.39, 0.29) is 40.2 Å². The van der Waals surface area contributed by atoms with E-state index in [1.165, 1.54) is 19.3 Å². The Morgan fingerprint density at radius 2 is 1.40 bits per heavy atom. The smallest absolute Gasteiger partial charge is 0.261 e. The third kappa shape index (κ3) is 8.84. The van der Waals surface area contributed by atoms with Crippen LogP contribution in [0.1, 0.15) is 87.0 Å². The summed E-state index contributed by atoms with van der Waals surface area (Å²) in [6.45, 7) is 30.2. The highest BCUT2D eigenvalue weighted by atomic mass is 31.2. The first kappa shape index (κ1) is 39.3. The lowest BCUT2D eigenvalue weighted by Gasteiger charge is -2.40. The molecule has 48 heavy (non-hydrogen) atoms. The predicted octanol–water partition coefficient (Wildman–Crippen LogP) is 11.4. The van der Waals surface area contributed by atoms with Gasteiger partial charge in [0, 0.05) is 16.5 Å². The van der Waals surface area contributed by atoms with Gasteiger partial charge in [-0.3, -0.25) is 4.57 Å². The van der Waals surface area contributed by atoms with Crippen molar-refractivity contribution in [3.05, 3.63) is 85.0 Å². The third-order valence-electron chi connectivity index (χ3n) is 11.9. The van der Waals surface area contributed by atoms with Gasteiger partial charge in [-0.25, -0.2) is 0 Å². The number of fused-ring (bicyclic) bond motifs is 1. The molecule has 2 fully saturated rings. The minimum absolute atomic E-state index is 0.0772. The molecule has 0 bridgehead atoms. The Bertz CT molecular complexity index is 1380. The maximum atomic E-state index is 15.1. The number of unbranched alkanes of at least 4 members (excludes halogenated alkanes) is 2. The van der Waals surface area contributed by atoms with Crippen LogP contribution in [0.5, 0.6) is 0 Å². The average molecular weight is 709 g/mol. The van der Waals surface area contributed by atoms with Gasteiger partial charge in [0.25, 0.3) is 7.37 Å². The Morgan fingerprint density at radius 1 is 0.854 bits per heavy atom. The summed E-state index contributed by atoms with van der Waals surface area (Å²) < 4.78 is 36.4. The highest BCUT2D eigenvalue weighted by Crippen LogP contribution is 2.58. The lowest BCUT2D eigenvalue weighted by atomic mass is 9.90. The number of benzene rings is 2. The number of hydrogen-bond donors (Lipinski definition) is 0. The van der Waals surface area contributed by atoms with Crippen molar-refractivity contribution in [2.45, 2.75) is 142 Å². The molecule has 4 nitrogen and oxygen atoms in total. The Kier molecular flexibility index (Phi) is 12.6. The minimum Gasteiger partial charge on any atom is -0.413 e. The highest BCUT2D eigenvalue weighted by Gasteiger charge is 2.55. The zero-order valence-corrected chi connectivity index (χ0v) is 34.8. The molecule has 0 N–H and O–H groups in total.